The van der Waals surface area contributed by atoms with Crippen LogP contribution in [0.25, 0.3) is 0 Å². The number of halogens is 2. The van der Waals surface area contributed by atoms with Crippen molar-refractivity contribution in [2.24, 2.45) is 0 Å². The van der Waals surface area contributed by atoms with Crippen LogP contribution in [0.2, 0.25) is 0 Å². The van der Waals surface area contributed by atoms with E-state index in [0.29, 0.717) is 0 Å². The van der Waals surface area contributed by atoms with Crippen molar-refractivity contribution in [1.29, 1.82) is 0 Å². The molecule has 6 aromatic carbocycles. The van der Waals surface area contributed by atoms with Gasteiger partial charge in [-0.25, -0.2) is 0 Å². The first-order valence-corrected chi connectivity index (χ1v) is 17.3. The van der Waals surface area contributed by atoms with Gasteiger partial charge in [0.25, 0.3) is 16.6 Å². The van der Waals surface area contributed by atoms with Crippen LogP contribution in [0.3, 0.4) is 0 Å². The molecule has 0 unspecified atom stereocenters. The van der Waals surface area contributed by atoms with Gasteiger partial charge in [0.05, 0.1) is 0 Å². The van der Waals surface area contributed by atoms with Gasteiger partial charge in [0, 0.05) is 21.7 Å². The normalized spacial score (nSPS) is 10.5. The molecule has 43 heavy (non-hydrogen) atoms. The van der Waals surface area contributed by atoms with Crippen LogP contribution in [-0.2, 0) is 21.7 Å². The van der Waals surface area contributed by atoms with E-state index in [1.807, 2.05) is 182 Å². The zero-order valence-electron chi connectivity index (χ0n) is 23.5. The third-order valence-corrected chi connectivity index (χ3v) is 14.2. The summed E-state index contributed by atoms with van der Waals surface area (Å²) >= 11 is 0. The molecule has 0 aliphatic carbocycles. The largest absolute Gasteiger partial charge is 0.421 e. The fourth-order valence-corrected chi connectivity index (χ4v) is 11.1. The van der Waals surface area contributed by atoms with Crippen molar-refractivity contribution >= 4 is 72.6 Å². The molecule has 0 heterocycles. The summed E-state index contributed by atoms with van der Waals surface area (Å²) in [7, 11) is -5.76. The minimum atomic E-state index is -2.88. The van der Waals surface area contributed by atoms with Crippen molar-refractivity contribution in [3.8, 4) is 0 Å². The van der Waals surface area contributed by atoms with E-state index < -0.39 is 16.6 Å². The van der Waals surface area contributed by atoms with Crippen molar-refractivity contribution in [3.05, 3.63) is 182 Å². The third-order valence-electron chi connectivity index (χ3n) is 7.15. The summed E-state index contributed by atoms with van der Waals surface area (Å²) in [6.45, 7) is 0. The second-order valence-electron chi connectivity index (χ2n) is 9.62. The first-order valence-electron chi connectivity index (χ1n) is 13.4. The fourth-order valence-electron chi connectivity index (χ4n) is 5.08. The average Bonchev–Trinajstić information content (AvgIpc) is 3.07. The van der Waals surface area contributed by atoms with Crippen LogP contribution >= 0.6 is 24.8 Å². The first-order chi connectivity index (χ1) is 19.6. The maximum atomic E-state index is 11.6. The van der Waals surface area contributed by atoms with Crippen molar-refractivity contribution in [2.45, 2.75) is 0 Å². The molecule has 6 aromatic rings. The summed E-state index contributed by atoms with van der Waals surface area (Å²) < 4.78 is 0. The summed E-state index contributed by atoms with van der Waals surface area (Å²) in [5.41, 5.74) is 0. The van der Waals surface area contributed by atoms with Crippen molar-refractivity contribution in [1.82, 2.24) is 0 Å². The molecule has 0 aliphatic rings. The minimum Gasteiger partial charge on any atom is -0.421 e. The van der Waals surface area contributed by atoms with Gasteiger partial charge < -0.3 is 9.59 Å². The van der Waals surface area contributed by atoms with Crippen LogP contribution in [-0.4, -0.2) is 26.2 Å². The third kappa shape index (κ3) is 8.12. The van der Waals surface area contributed by atoms with Crippen LogP contribution in [0.15, 0.2) is 182 Å². The second-order valence-corrected chi connectivity index (χ2v) is 15.9. The van der Waals surface area contributed by atoms with E-state index in [-0.39, 0.29) is 46.5 Å². The Balaban J connectivity index is 0.000000281. The van der Waals surface area contributed by atoms with E-state index in [4.69, 9.17) is 0 Å². The Labute approximate surface area is 284 Å². The molecule has 0 aromatic heterocycles. The predicted octanol–water partition coefficient (Wildman–Crippen LogP) is 4.13. The van der Waals surface area contributed by atoms with Gasteiger partial charge in [0.2, 0.25) is 0 Å². The van der Waals surface area contributed by atoms with Crippen molar-refractivity contribution in [2.75, 3.05) is 0 Å². The Hall–Kier alpha value is -3.03. The van der Waals surface area contributed by atoms with E-state index in [2.05, 4.69) is 0 Å². The topological polar surface area (TPSA) is 40.5 Å². The number of rotatable bonds is 6. The van der Waals surface area contributed by atoms with E-state index in [1.54, 1.807) is 0 Å². The standard InChI is InChI=1S/2C18H16OSi.2ClH.Ti/c2*19-20(16-10-4-1-5-11-16,17-12-6-2-7-13-17)18-14-8-3-9-15-18;;;/h2*1-15,19H;2*1H;. The number of hydrogen-bond donors (Lipinski definition) is 2. The van der Waals surface area contributed by atoms with Gasteiger partial charge in [-0.1, -0.05) is 182 Å². The van der Waals surface area contributed by atoms with Gasteiger partial charge in [-0.05, 0) is 31.1 Å². The molecule has 0 fully saturated rings. The van der Waals surface area contributed by atoms with Gasteiger partial charge in [-0.15, -0.1) is 24.8 Å². The maximum Gasteiger partial charge on any atom is 0.285 e. The summed E-state index contributed by atoms with van der Waals surface area (Å²) in [6.07, 6.45) is 0. The van der Waals surface area contributed by atoms with Crippen LogP contribution in [0.5, 0.6) is 0 Å². The van der Waals surface area contributed by atoms with Gasteiger partial charge in [0.15, 0.2) is 0 Å². The van der Waals surface area contributed by atoms with Crippen molar-refractivity contribution in [3.63, 3.8) is 0 Å². The van der Waals surface area contributed by atoms with E-state index >= 15 is 0 Å². The Morgan fingerprint density at radius 3 is 0.488 bits per heavy atom. The average molecular weight is 674 g/mol. The van der Waals surface area contributed by atoms with Gasteiger partial charge in [-0.2, -0.15) is 0 Å². The summed E-state index contributed by atoms with van der Waals surface area (Å²) in [5, 5.41) is 6.07. The molecule has 0 spiro atoms. The Bertz CT molecular complexity index is 1280. The molecule has 0 saturated carbocycles. The van der Waals surface area contributed by atoms with Crippen LogP contribution in [0.4, 0.5) is 0 Å². The molecule has 0 amide bonds. The van der Waals surface area contributed by atoms with E-state index in [0.717, 1.165) is 31.1 Å². The SMILES string of the molecule is Cl.Cl.O[Si](c1ccccc1)(c1ccccc1)c1ccccc1.O[Si](c1ccccc1)(c1ccccc1)c1ccccc1.[Ti]. The smallest absolute Gasteiger partial charge is 0.285 e. The van der Waals surface area contributed by atoms with Gasteiger partial charge in [-0.3, -0.25) is 0 Å². The summed E-state index contributed by atoms with van der Waals surface area (Å²) in [5.74, 6) is 0. The van der Waals surface area contributed by atoms with E-state index in [9.17, 15) is 9.59 Å². The Morgan fingerprint density at radius 1 is 0.256 bits per heavy atom. The molecule has 6 rings (SSSR count). The molecule has 0 radical (unpaired) electrons. The quantitative estimate of drug-likeness (QED) is 0.207. The molecule has 2 nitrogen and oxygen atoms in total. The molecular weight excluding hydrogens is 639 g/mol. The number of hydrogen-bond acceptors (Lipinski definition) is 2. The minimum absolute atomic E-state index is 0. The molecule has 0 aliphatic heterocycles. The van der Waals surface area contributed by atoms with Crippen molar-refractivity contribution < 1.29 is 31.3 Å². The maximum absolute atomic E-state index is 11.6. The second kappa shape index (κ2) is 17.3. The molecule has 0 atom stereocenters. The van der Waals surface area contributed by atoms with Crippen LogP contribution < -0.4 is 31.1 Å². The van der Waals surface area contributed by atoms with E-state index in [1.165, 1.54) is 0 Å². The molecule has 2 N–H and O–H groups in total. The molecule has 0 bridgehead atoms. The molecular formula is C36H34Cl2O2Si2Ti. The Morgan fingerprint density at radius 2 is 0.372 bits per heavy atom. The molecule has 7 heteroatoms. The van der Waals surface area contributed by atoms with Crippen LogP contribution in [0, 0.1) is 0 Å². The van der Waals surface area contributed by atoms with Gasteiger partial charge >= 0.3 is 0 Å². The van der Waals surface area contributed by atoms with Gasteiger partial charge in [0.1, 0.15) is 0 Å². The summed E-state index contributed by atoms with van der Waals surface area (Å²) in [6, 6.07) is 59.9. The summed E-state index contributed by atoms with van der Waals surface area (Å²) in [4.78, 5) is 23.1. The first kappa shape index (κ1) is 36.2. The van der Waals surface area contributed by atoms with Crippen LogP contribution in [0.1, 0.15) is 0 Å². The fraction of sp³-hybridized carbons (Fsp3) is 0. The Kier molecular flexibility index (Phi) is 14.6. The monoisotopic (exact) mass is 672 g/mol. The predicted molar refractivity (Wildman–Crippen MR) is 187 cm³/mol. The zero-order valence-corrected chi connectivity index (χ0v) is 28.7. The molecule has 0 saturated heterocycles. The zero-order chi connectivity index (χ0) is 27.7. The molecule has 216 valence electrons. The number of benzene rings is 6.